The second-order valence-electron chi connectivity index (χ2n) is 10.7. The summed E-state index contributed by atoms with van der Waals surface area (Å²) in [4.78, 5) is 0. The quantitative estimate of drug-likeness (QED) is 0.352. The van der Waals surface area contributed by atoms with Crippen molar-refractivity contribution in [1.29, 1.82) is 5.26 Å². The van der Waals surface area contributed by atoms with Crippen molar-refractivity contribution in [1.82, 2.24) is 0 Å². The van der Waals surface area contributed by atoms with Crippen molar-refractivity contribution in [3.8, 4) is 6.07 Å². The first kappa shape index (κ1) is 25.4. The van der Waals surface area contributed by atoms with Gasteiger partial charge in [-0.1, -0.05) is 60.7 Å². The molecule has 182 valence electrons. The second-order valence-corrected chi connectivity index (χ2v) is 10.7. The zero-order valence-electron chi connectivity index (χ0n) is 20.5. The SMILES string of the molecule is COCCOCC[N+]1(C)[C@H]2CCC23C[C@@H](CC(C#N)(c2ccccc2)c2ccccc2)C[C@@H]31.[Br-]. The monoisotopic (exact) mass is 524 g/mol. The normalized spacial score (nSPS) is 31.3. The van der Waals surface area contributed by atoms with Gasteiger partial charge in [-0.3, -0.25) is 0 Å². The van der Waals surface area contributed by atoms with Crippen LogP contribution in [0.2, 0.25) is 0 Å². The number of ether oxygens (including phenoxy) is 2. The molecule has 0 N–H and O–H groups in total. The fraction of sp³-hybridized carbons (Fsp3) is 0.552. The number of nitriles is 1. The Kier molecular flexibility index (Phi) is 7.55. The molecule has 1 spiro atoms. The summed E-state index contributed by atoms with van der Waals surface area (Å²) < 4.78 is 12.1. The first-order chi connectivity index (χ1) is 16.1. The van der Waals surface area contributed by atoms with Crippen molar-refractivity contribution in [3.05, 3.63) is 71.8 Å². The summed E-state index contributed by atoms with van der Waals surface area (Å²) in [6.07, 6.45) is 6.14. The minimum absolute atomic E-state index is 0. The van der Waals surface area contributed by atoms with E-state index in [1.54, 1.807) is 7.11 Å². The predicted molar refractivity (Wildman–Crippen MR) is 130 cm³/mol. The average molecular weight is 526 g/mol. The van der Waals surface area contributed by atoms with Gasteiger partial charge in [-0.2, -0.15) is 5.26 Å². The largest absolute Gasteiger partial charge is 1.00 e. The molecule has 0 aromatic heterocycles. The highest BCUT2D eigenvalue weighted by Gasteiger charge is 2.77. The highest BCUT2D eigenvalue weighted by atomic mass is 79.9. The van der Waals surface area contributed by atoms with E-state index >= 15 is 0 Å². The Bertz CT molecular complexity index is 955. The minimum Gasteiger partial charge on any atom is -1.00 e. The van der Waals surface area contributed by atoms with Crippen LogP contribution in [0.4, 0.5) is 0 Å². The first-order valence-corrected chi connectivity index (χ1v) is 12.5. The number of piperidine rings is 1. The van der Waals surface area contributed by atoms with E-state index < -0.39 is 5.41 Å². The molecule has 34 heavy (non-hydrogen) atoms. The zero-order chi connectivity index (χ0) is 22.9. The lowest BCUT2D eigenvalue weighted by molar-refractivity contribution is -1.03. The molecular formula is C29H37BrN2O2. The van der Waals surface area contributed by atoms with Crippen molar-refractivity contribution in [2.45, 2.75) is 49.6 Å². The summed E-state index contributed by atoms with van der Waals surface area (Å²) in [6, 6.07) is 25.2. The van der Waals surface area contributed by atoms with Gasteiger partial charge in [0, 0.05) is 20.0 Å². The fourth-order valence-electron chi connectivity index (χ4n) is 7.85. The van der Waals surface area contributed by atoms with Gasteiger partial charge in [0.25, 0.3) is 0 Å². The van der Waals surface area contributed by atoms with Crippen molar-refractivity contribution in [2.24, 2.45) is 11.3 Å². The maximum Gasteiger partial charge on any atom is 0.107 e. The third-order valence-corrected chi connectivity index (χ3v) is 9.33. The Morgan fingerprint density at radius 3 is 2.18 bits per heavy atom. The highest BCUT2D eigenvalue weighted by Crippen LogP contribution is 2.70. The smallest absolute Gasteiger partial charge is 0.107 e. The zero-order valence-corrected chi connectivity index (χ0v) is 22.0. The van der Waals surface area contributed by atoms with Gasteiger partial charge in [0.2, 0.25) is 0 Å². The number of benzene rings is 2. The molecule has 2 aromatic rings. The fourth-order valence-corrected chi connectivity index (χ4v) is 7.85. The predicted octanol–water partition coefficient (Wildman–Crippen LogP) is 1.94. The summed E-state index contributed by atoms with van der Waals surface area (Å²) in [5.41, 5.74) is 2.19. The molecule has 5 atom stereocenters. The summed E-state index contributed by atoms with van der Waals surface area (Å²) in [6.45, 7) is 3.24. The minimum atomic E-state index is -0.584. The maximum absolute atomic E-state index is 10.6. The van der Waals surface area contributed by atoms with E-state index in [0.717, 1.165) is 42.8 Å². The van der Waals surface area contributed by atoms with Gasteiger partial charge < -0.3 is 30.9 Å². The van der Waals surface area contributed by atoms with Gasteiger partial charge in [-0.15, -0.1) is 0 Å². The molecule has 4 nitrogen and oxygen atoms in total. The van der Waals surface area contributed by atoms with Crippen LogP contribution >= 0.6 is 0 Å². The van der Waals surface area contributed by atoms with E-state index in [1.165, 1.54) is 30.2 Å². The standard InChI is InChI=1S/C29H37N2O2.BrH/c1-31(15-16-33-18-17-32-2)26-13-14-28(26)20-23(19-27(28)31)21-29(22-30,24-9-5-3-6-10-24)25-11-7-4-8-12-25;/h3-12,23,26-27H,13-21H2,1-2H3;1H/q+1;/p-1/t23-,26-,27-,28?,31?;/m0./s1. The number of likely N-dealkylation sites (tertiary alicyclic amines) is 1. The maximum atomic E-state index is 10.6. The molecule has 2 saturated carbocycles. The molecule has 0 amide bonds. The van der Waals surface area contributed by atoms with Crippen LogP contribution < -0.4 is 17.0 Å². The number of nitrogens with zero attached hydrogens (tertiary/aromatic N) is 2. The molecule has 1 saturated heterocycles. The van der Waals surface area contributed by atoms with Gasteiger partial charge in [0.05, 0.1) is 38.4 Å². The van der Waals surface area contributed by atoms with Gasteiger partial charge in [0.15, 0.2) is 0 Å². The molecule has 1 aliphatic heterocycles. The molecule has 0 bridgehead atoms. The molecule has 3 fully saturated rings. The van der Waals surface area contributed by atoms with E-state index in [9.17, 15) is 5.26 Å². The molecule has 0 radical (unpaired) electrons. The number of hydrogen-bond acceptors (Lipinski definition) is 3. The Morgan fingerprint density at radius 2 is 1.65 bits per heavy atom. The highest BCUT2D eigenvalue weighted by molar-refractivity contribution is 5.46. The summed E-state index contributed by atoms with van der Waals surface area (Å²) in [7, 11) is 4.18. The van der Waals surface area contributed by atoms with Crippen LogP contribution in [0.1, 0.15) is 43.2 Å². The molecule has 2 aliphatic carbocycles. The molecule has 2 unspecified atom stereocenters. The Labute approximate surface area is 215 Å². The number of halogens is 1. The van der Waals surface area contributed by atoms with Crippen molar-refractivity contribution >= 4 is 0 Å². The van der Waals surface area contributed by atoms with Crippen molar-refractivity contribution in [2.75, 3.05) is 40.5 Å². The van der Waals surface area contributed by atoms with Crippen molar-refractivity contribution < 1.29 is 30.9 Å². The summed E-state index contributed by atoms with van der Waals surface area (Å²) in [5, 5.41) is 10.6. The molecule has 5 rings (SSSR count). The third kappa shape index (κ3) is 3.93. The molecule has 5 heteroatoms. The van der Waals surface area contributed by atoms with Crippen LogP contribution in [0, 0.1) is 22.7 Å². The van der Waals surface area contributed by atoms with Crippen LogP contribution in [0.5, 0.6) is 0 Å². The Hall–Kier alpha value is -1.71. The van der Waals surface area contributed by atoms with Crippen LogP contribution in [0.25, 0.3) is 0 Å². The Balaban J connectivity index is 0.00000274. The topological polar surface area (TPSA) is 42.2 Å². The lowest BCUT2D eigenvalue weighted by Gasteiger charge is -2.71. The Morgan fingerprint density at radius 1 is 1.00 bits per heavy atom. The number of quaternary nitrogens is 1. The lowest BCUT2D eigenvalue weighted by Crippen LogP contribution is -3.00. The van der Waals surface area contributed by atoms with Gasteiger partial charge in [-0.25, -0.2) is 0 Å². The van der Waals surface area contributed by atoms with Crippen molar-refractivity contribution in [3.63, 3.8) is 0 Å². The second kappa shape index (κ2) is 10.1. The van der Waals surface area contributed by atoms with E-state index in [4.69, 9.17) is 9.47 Å². The number of hydrogen-bond donors (Lipinski definition) is 0. The van der Waals surface area contributed by atoms with Gasteiger partial charge in [-0.05, 0) is 36.3 Å². The van der Waals surface area contributed by atoms with Gasteiger partial charge in [0.1, 0.15) is 24.0 Å². The summed E-state index contributed by atoms with van der Waals surface area (Å²) >= 11 is 0. The van der Waals surface area contributed by atoms with E-state index in [-0.39, 0.29) is 17.0 Å². The molecule has 1 heterocycles. The third-order valence-electron chi connectivity index (χ3n) is 9.33. The van der Waals surface area contributed by atoms with Gasteiger partial charge >= 0.3 is 0 Å². The van der Waals surface area contributed by atoms with Crippen LogP contribution in [0.15, 0.2) is 60.7 Å². The number of rotatable bonds is 10. The van der Waals surface area contributed by atoms with Crippen LogP contribution in [0.3, 0.4) is 0 Å². The average Bonchev–Trinajstić information content (AvgIpc) is 3.23. The first-order valence-electron chi connectivity index (χ1n) is 12.5. The van der Waals surface area contributed by atoms with Crippen LogP contribution in [-0.2, 0) is 14.9 Å². The summed E-state index contributed by atoms with van der Waals surface area (Å²) in [5.74, 6) is 0.576. The van der Waals surface area contributed by atoms with E-state index in [0.29, 0.717) is 24.5 Å². The number of methoxy groups -OCH3 is 1. The lowest BCUT2D eigenvalue weighted by atomic mass is 9.51. The number of likely N-dealkylation sites (N-methyl/N-ethyl adjacent to an activating group) is 1. The molecule has 3 aliphatic rings. The van der Waals surface area contributed by atoms with E-state index in [1.807, 2.05) is 12.1 Å². The van der Waals surface area contributed by atoms with Crippen LogP contribution in [-0.4, -0.2) is 57.1 Å². The van der Waals surface area contributed by atoms with E-state index in [2.05, 4.69) is 61.6 Å². The molecule has 2 aromatic carbocycles. The molecular weight excluding hydrogens is 488 g/mol.